The zero-order valence-corrected chi connectivity index (χ0v) is 27.8. The first kappa shape index (κ1) is 32.3. The summed E-state index contributed by atoms with van der Waals surface area (Å²) in [6, 6.07) is 21.8. The first-order valence-electron chi connectivity index (χ1n) is 14.8. The van der Waals surface area contributed by atoms with Gasteiger partial charge < -0.3 is 19.3 Å². The van der Waals surface area contributed by atoms with E-state index in [2.05, 4.69) is 9.88 Å². The van der Waals surface area contributed by atoms with Gasteiger partial charge in [0, 0.05) is 30.5 Å². The van der Waals surface area contributed by atoms with Gasteiger partial charge in [-0.05, 0) is 82.1 Å². The highest BCUT2D eigenvalue weighted by molar-refractivity contribution is 6.39. The third-order valence-corrected chi connectivity index (χ3v) is 8.26. The van der Waals surface area contributed by atoms with E-state index in [1.807, 2.05) is 90.2 Å². The smallest absolute Gasteiger partial charge is 0.419 e. The van der Waals surface area contributed by atoms with Crippen molar-refractivity contribution in [3.8, 4) is 0 Å². The average molecular weight is 647 g/mol. The number of nitrogens with zero attached hydrogens (tertiary/aromatic N) is 5. The molecule has 5 rings (SSSR count). The number of aliphatic hydroxyl groups is 1. The van der Waals surface area contributed by atoms with Crippen LogP contribution >= 0.6 is 23.2 Å². The number of carbonyl (C=O) groups is 1. The van der Waals surface area contributed by atoms with Gasteiger partial charge in [-0.2, -0.15) is 0 Å². The molecule has 0 saturated carbocycles. The van der Waals surface area contributed by atoms with Crippen LogP contribution in [-0.2, 0) is 17.4 Å². The highest BCUT2D eigenvalue weighted by atomic mass is 35.5. The second kappa shape index (κ2) is 12.7. The number of carbonyl (C=O) groups excluding carboxylic acids is 1. The number of aromatic nitrogens is 3. The van der Waals surface area contributed by atoms with Crippen LogP contribution in [0.25, 0.3) is 10.9 Å². The summed E-state index contributed by atoms with van der Waals surface area (Å²) < 4.78 is 7.68. The molecule has 0 aliphatic carbocycles. The topological polar surface area (TPSA) is 83.7 Å². The highest BCUT2D eigenvalue weighted by Crippen LogP contribution is 2.46. The van der Waals surface area contributed by atoms with Crippen LogP contribution in [0.1, 0.15) is 51.4 Å². The fourth-order valence-corrected chi connectivity index (χ4v) is 5.89. The lowest BCUT2D eigenvalue weighted by atomic mass is 9.83. The molecule has 0 bridgehead atoms. The second-order valence-corrected chi connectivity index (χ2v) is 12.6. The number of rotatable bonds is 8. The normalized spacial score (nSPS) is 13.0. The molecule has 45 heavy (non-hydrogen) atoms. The summed E-state index contributed by atoms with van der Waals surface area (Å²) in [5.74, 6) is 0.541. The number of ether oxygens (including phenoxy) is 1. The molecule has 234 valence electrons. The average Bonchev–Trinajstić information content (AvgIpc) is 3.45. The van der Waals surface area contributed by atoms with Gasteiger partial charge in [0.25, 0.3) is 0 Å². The number of hydrogen-bond donors (Lipinski definition) is 1. The summed E-state index contributed by atoms with van der Waals surface area (Å²) in [5, 5.41) is 14.0. The van der Waals surface area contributed by atoms with Gasteiger partial charge in [0.2, 0.25) is 0 Å². The van der Waals surface area contributed by atoms with Crippen molar-refractivity contribution >= 4 is 57.4 Å². The Kier molecular flexibility index (Phi) is 9.12. The van der Waals surface area contributed by atoms with Crippen molar-refractivity contribution in [2.45, 2.75) is 45.8 Å². The lowest BCUT2D eigenvalue weighted by Crippen LogP contribution is -2.36. The first-order valence-corrected chi connectivity index (χ1v) is 15.6. The van der Waals surface area contributed by atoms with E-state index in [1.54, 1.807) is 41.4 Å². The van der Waals surface area contributed by atoms with Gasteiger partial charge in [-0.25, -0.2) is 19.7 Å². The molecule has 1 unspecified atom stereocenters. The number of anilines is 3. The Bertz CT molecular complexity index is 1820. The van der Waals surface area contributed by atoms with E-state index in [4.69, 9.17) is 32.9 Å². The van der Waals surface area contributed by atoms with Crippen LogP contribution in [0.5, 0.6) is 0 Å². The largest absolute Gasteiger partial charge is 0.443 e. The summed E-state index contributed by atoms with van der Waals surface area (Å²) in [7, 11) is 1.83. The standard InChI is InChI=1S/C35H37Cl2N5O3/c1-7-41(8-2)32-31(42(26-12-10-9-11-13-26)33(43)45-34(3,4)5)30(37)27-20-24(16-19-28(27)39-32)35(44,29-21-38-22-40(29)6)23-14-17-25(36)18-15-23/h9-22,44H,7-8H2,1-6H3. The molecular formula is C35H37Cl2N5O3. The number of benzene rings is 3. The third kappa shape index (κ3) is 6.23. The predicted octanol–water partition coefficient (Wildman–Crippen LogP) is 8.48. The van der Waals surface area contributed by atoms with Crippen LogP contribution in [0.4, 0.5) is 22.0 Å². The summed E-state index contributed by atoms with van der Waals surface area (Å²) in [5.41, 5.74) is 0.876. The number of aryl methyl sites for hydroxylation is 1. The van der Waals surface area contributed by atoms with Crippen molar-refractivity contribution in [2.75, 3.05) is 22.9 Å². The van der Waals surface area contributed by atoms with E-state index < -0.39 is 17.3 Å². The molecule has 0 aliphatic rings. The van der Waals surface area contributed by atoms with E-state index >= 15 is 0 Å². The molecule has 0 saturated heterocycles. The van der Waals surface area contributed by atoms with Crippen molar-refractivity contribution < 1.29 is 14.6 Å². The van der Waals surface area contributed by atoms with Crippen LogP contribution in [0.3, 0.4) is 0 Å². The van der Waals surface area contributed by atoms with E-state index in [9.17, 15) is 9.90 Å². The van der Waals surface area contributed by atoms with Gasteiger partial charge in [-0.3, -0.25) is 0 Å². The molecule has 2 heterocycles. The van der Waals surface area contributed by atoms with Crippen LogP contribution in [0.2, 0.25) is 10.0 Å². The van der Waals surface area contributed by atoms with Crippen LogP contribution in [0, 0.1) is 0 Å². The Labute approximate surface area is 273 Å². The molecule has 0 aliphatic heterocycles. The Morgan fingerprint density at radius 3 is 2.18 bits per heavy atom. The maximum absolute atomic E-state index is 14.0. The number of imidazole rings is 1. The molecule has 0 radical (unpaired) electrons. The minimum absolute atomic E-state index is 0.293. The van der Waals surface area contributed by atoms with Gasteiger partial charge in [0.1, 0.15) is 11.3 Å². The molecule has 0 spiro atoms. The van der Waals surface area contributed by atoms with Gasteiger partial charge in [-0.15, -0.1) is 0 Å². The third-order valence-electron chi connectivity index (χ3n) is 7.62. The Hall–Kier alpha value is -4.11. The number of pyridine rings is 1. The Balaban J connectivity index is 1.82. The summed E-state index contributed by atoms with van der Waals surface area (Å²) in [4.78, 5) is 26.8. The maximum atomic E-state index is 14.0. The second-order valence-electron chi connectivity index (χ2n) is 11.8. The molecule has 10 heteroatoms. The van der Waals surface area contributed by atoms with Crippen molar-refractivity contribution in [1.82, 2.24) is 14.5 Å². The Morgan fingerprint density at radius 2 is 1.60 bits per heavy atom. The number of halogens is 2. The number of fused-ring (bicyclic) bond motifs is 1. The minimum atomic E-state index is -1.62. The van der Waals surface area contributed by atoms with E-state index in [0.717, 1.165) is 0 Å². The van der Waals surface area contributed by atoms with Gasteiger partial charge >= 0.3 is 6.09 Å². The SMILES string of the molecule is CCN(CC)c1nc2ccc(C(O)(c3ccc(Cl)cc3)c3cncn3C)cc2c(Cl)c1N(C(=O)OC(C)(C)C)c1ccccc1. The molecule has 0 fully saturated rings. The number of amides is 1. The first-order chi connectivity index (χ1) is 21.4. The van der Waals surface area contributed by atoms with Gasteiger partial charge in [0.05, 0.1) is 34.4 Å². The fourth-order valence-electron chi connectivity index (χ4n) is 5.44. The lowest BCUT2D eigenvalue weighted by Gasteiger charge is -2.33. The monoisotopic (exact) mass is 645 g/mol. The number of para-hydroxylation sites is 1. The van der Waals surface area contributed by atoms with Crippen molar-refractivity contribution in [1.29, 1.82) is 0 Å². The van der Waals surface area contributed by atoms with E-state index in [0.29, 0.717) is 68.1 Å². The van der Waals surface area contributed by atoms with Crippen molar-refractivity contribution in [2.24, 2.45) is 7.05 Å². The van der Waals surface area contributed by atoms with Crippen molar-refractivity contribution in [3.63, 3.8) is 0 Å². The zero-order chi connectivity index (χ0) is 32.5. The van der Waals surface area contributed by atoms with Gasteiger partial charge in [-0.1, -0.05) is 59.6 Å². The molecule has 1 N–H and O–H groups in total. The quantitative estimate of drug-likeness (QED) is 0.182. The molecule has 1 amide bonds. The molecule has 1 atom stereocenters. The van der Waals surface area contributed by atoms with Gasteiger partial charge in [0.15, 0.2) is 11.4 Å². The predicted molar refractivity (Wildman–Crippen MR) is 182 cm³/mol. The molecule has 2 aromatic heterocycles. The van der Waals surface area contributed by atoms with Crippen molar-refractivity contribution in [3.05, 3.63) is 112 Å². The molecular weight excluding hydrogens is 609 g/mol. The highest BCUT2D eigenvalue weighted by Gasteiger charge is 2.38. The number of hydrogen-bond acceptors (Lipinski definition) is 6. The summed E-state index contributed by atoms with van der Waals surface area (Å²) >= 11 is 13.6. The maximum Gasteiger partial charge on any atom is 0.419 e. The molecule has 5 aromatic rings. The summed E-state index contributed by atoms with van der Waals surface area (Å²) in [6.45, 7) is 10.8. The fraction of sp³-hybridized carbons (Fsp3) is 0.286. The zero-order valence-electron chi connectivity index (χ0n) is 26.3. The minimum Gasteiger partial charge on any atom is -0.443 e. The molecule has 3 aromatic carbocycles. The Morgan fingerprint density at radius 1 is 0.956 bits per heavy atom. The summed E-state index contributed by atoms with van der Waals surface area (Å²) in [6.07, 6.45) is 2.68. The van der Waals surface area contributed by atoms with Crippen LogP contribution < -0.4 is 9.80 Å². The van der Waals surface area contributed by atoms with Crippen LogP contribution in [0.15, 0.2) is 85.3 Å². The van der Waals surface area contributed by atoms with E-state index in [-0.39, 0.29) is 0 Å². The van der Waals surface area contributed by atoms with Crippen LogP contribution in [-0.4, -0.2) is 44.4 Å². The molecule has 8 nitrogen and oxygen atoms in total. The van der Waals surface area contributed by atoms with E-state index in [1.165, 1.54) is 4.90 Å². The lowest BCUT2D eigenvalue weighted by molar-refractivity contribution is 0.0599.